The van der Waals surface area contributed by atoms with E-state index in [-0.39, 0.29) is 11.9 Å². The van der Waals surface area contributed by atoms with Gasteiger partial charge in [0.15, 0.2) is 11.5 Å². The highest BCUT2D eigenvalue weighted by Gasteiger charge is 2.25. The Kier molecular flexibility index (Phi) is 6.37. The molecular weight excluding hydrogens is 360 g/mol. The fourth-order valence-electron chi connectivity index (χ4n) is 3.17. The summed E-state index contributed by atoms with van der Waals surface area (Å²) in [4.78, 5) is 26.5. The molecule has 1 fully saturated rings. The van der Waals surface area contributed by atoms with Crippen molar-refractivity contribution in [2.75, 3.05) is 27.3 Å². The largest absolute Gasteiger partial charge is 0.493 e. The second kappa shape index (κ2) is 9.12. The van der Waals surface area contributed by atoms with Crippen LogP contribution in [0.4, 0.5) is 4.79 Å². The number of ether oxygens (including phenoxy) is 3. The molecule has 0 atom stereocenters. The van der Waals surface area contributed by atoms with Crippen molar-refractivity contribution >= 4 is 12.0 Å². The third-order valence-electron chi connectivity index (χ3n) is 4.69. The number of benzene rings is 2. The maximum absolute atomic E-state index is 12.8. The number of likely N-dealkylation sites (tertiary alicyclic amines) is 1. The predicted molar refractivity (Wildman–Crippen MR) is 104 cm³/mol. The molecule has 0 aliphatic carbocycles. The van der Waals surface area contributed by atoms with Crippen molar-refractivity contribution in [2.24, 2.45) is 0 Å². The number of hydrogen-bond donors (Lipinski definition) is 1. The average Bonchev–Trinajstić information content (AvgIpc) is 2.74. The zero-order valence-electron chi connectivity index (χ0n) is 16.0. The minimum atomic E-state index is -0.476. The second-order valence-corrected chi connectivity index (χ2v) is 6.48. The number of amides is 2. The molecule has 2 aromatic carbocycles. The Morgan fingerprint density at radius 3 is 2.29 bits per heavy atom. The van der Waals surface area contributed by atoms with Crippen LogP contribution in [0.3, 0.4) is 0 Å². The third kappa shape index (κ3) is 4.73. The highest BCUT2D eigenvalue weighted by Crippen LogP contribution is 2.28. The lowest BCUT2D eigenvalue weighted by atomic mass is 10.0. The number of para-hydroxylation sites is 1. The van der Waals surface area contributed by atoms with Gasteiger partial charge in [-0.3, -0.25) is 4.79 Å². The van der Waals surface area contributed by atoms with E-state index in [1.807, 2.05) is 6.07 Å². The molecule has 0 bridgehead atoms. The lowest BCUT2D eigenvalue weighted by Gasteiger charge is -2.32. The molecule has 0 unspecified atom stereocenters. The number of piperidine rings is 1. The first-order chi connectivity index (χ1) is 13.6. The molecular formula is C21H24N2O5. The molecule has 1 aliphatic heterocycles. The van der Waals surface area contributed by atoms with E-state index in [0.717, 1.165) is 0 Å². The highest BCUT2D eigenvalue weighted by molar-refractivity contribution is 5.95. The van der Waals surface area contributed by atoms with Gasteiger partial charge in [0.25, 0.3) is 5.91 Å². The van der Waals surface area contributed by atoms with E-state index in [2.05, 4.69) is 5.32 Å². The fourth-order valence-corrected chi connectivity index (χ4v) is 3.17. The van der Waals surface area contributed by atoms with Crippen LogP contribution in [-0.4, -0.2) is 50.3 Å². The zero-order valence-corrected chi connectivity index (χ0v) is 16.0. The maximum Gasteiger partial charge on any atom is 0.412 e. The Hall–Kier alpha value is -3.22. The van der Waals surface area contributed by atoms with E-state index in [4.69, 9.17) is 14.2 Å². The van der Waals surface area contributed by atoms with Gasteiger partial charge in [0.1, 0.15) is 5.75 Å². The summed E-state index contributed by atoms with van der Waals surface area (Å²) < 4.78 is 15.7. The molecule has 1 aliphatic rings. The molecule has 1 N–H and O–H groups in total. The molecule has 0 aromatic heterocycles. The summed E-state index contributed by atoms with van der Waals surface area (Å²) in [5, 5.41) is 2.86. The van der Waals surface area contributed by atoms with Crippen molar-refractivity contribution < 1.29 is 23.8 Å². The minimum absolute atomic E-state index is 0.0225. The first-order valence-electron chi connectivity index (χ1n) is 9.15. The number of methoxy groups -OCH3 is 2. The summed E-state index contributed by atoms with van der Waals surface area (Å²) in [7, 11) is 3.09. The lowest BCUT2D eigenvalue weighted by Crippen LogP contribution is -2.47. The summed E-state index contributed by atoms with van der Waals surface area (Å²) in [5.41, 5.74) is 0.549. The normalized spacial score (nSPS) is 14.3. The number of nitrogens with one attached hydrogen (secondary N) is 1. The number of carbonyl (C=O) groups is 2. The molecule has 7 heteroatoms. The first kappa shape index (κ1) is 19.5. The second-order valence-electron chi connectivity index (χ2n) is 6.48. The summed E-state index contributed by atoms with van der Waals surface area (Å²) in [6.45, 7) is 1.12. The average molecular weight is 384 g/mol. The first-order valence-corrected chi connectivity index (χ1v) is 9.15. The molecule has 3 rings (SSSR count). The van der Waals surface area contributed by atoms with E-state index in [0.29, 0.717) is 48.7 Å². The van der Waals surface area contributed by atoms with Crippen LogP contribution < -0.4 is 19.5 Å². The Balaban J connectivity index is 1.52. The number of carbonyl (C=O) groups excluding carboxylic acids is 2. The van der Waals surface area contributed by atoms with E-state index >= 15 is 0 Å². The van der Waals surface area contributed by atoms with Crippen molar-refractivity contribution in [1.82, 2.24) is 10.2 Å². The van der Waals surface area contributed by atoms with Crippen LogP contribution in [0.2, 0.25) is 0 Å². The molecule has 148 valence electrons. The molecule has 1 heterocycles. The van der Waals surface area contributed by atoms with Crippen LogP contribution in [0.1, 0.15) is 23.2 Å². The fraction of sp³-hybridized carbons (Fsp3) is 0.333. The monoisotopic (exact) mass is 384 g/mol. The van der Waals surface area contributed by atoms with E-state index in [1.165, 1.54) is 7.11 Å². The van der Waals surface area contributed by atoms with Gasteiger partial charge in [0.2, 0.25) is 0 Å². The van der Waals surface area contributed by atoms with Crippen LogP contribution in [0.15, 0.2) is 48.5 Å². The van der Waals surface area contributed by atoms with Crippen molar-refractivity contribution in [2.45, 2.75) is 18.9 Å². The van der Waals surface area contributed by atoms with Gasteiger partial charge in [-0.25, -0.2) is 4.79 Å². The highest BCUT2D eigenvalue weighted by atomic mass is 16.6. The van der Waals surface area contributed by atoms with Crippen LogP contribution in [-0.2, 0) is 0 Å². The van der Waals surface area contributed by atoms with Gasteiger partial charge >= 0.3 is 6.09 Å². The van der Waals surface area contributed by atoms with Crippen molar-refractivity contribution in [1.29, 1.82) is 0 Å². The Morgan fingerprint density at radius 2 is 1.64 bits per heavy atom. The van der Waals surface area contributed by atoms with Gasteiger partial charge in [0, 0.05) is 24.7 Å². The molecule has 2 amide bonds. The summed E-state index contributed by atoms with van der Waals surface area (Å²) in [6.07, 6.45) is 0.863. The molecule has 1 saturated heterocycles. The van der Waals surface area contributed by atoms with Crippen LogP contribution in [0, 0.1) is 0 Å². The number of nitrogens with zero attached hydrogens (tertiary/aromatic N) is 1. The van der Waals surface area contributed by atoms with Crippen molar-refractivity contribution in [3.8, 4) is 17.2 Å². The number of rotatable bonds is 5. The standard InChI is InChI=1S/C21H24N2O5/c1-26-18-9-8-15(14-19(18)27-2)20(24)23-12-10-16(11-13-23)22-21(25)28-17-6-4-3-5-7-17/h3-9,14,16H,10-13H2,1-2H3,(H,22,25). The number of hydrogen-bond acceptors (Lipinski definition) is 5. The van der Waals surface area contributed by atoms with E-state index in [9.17, 15) is 9.59 Å². The Morgan fingerprint density at radius 1 is 0.964 bits per heavy atom. The Labute approximate surface area is 164 Å². The molecule has 0 spiro atoms. The SMILES string of the molecule is COc1ccc(C(=O)N2CCC(NC(=O)Oc3ccccc3)CC2)cc1OC. The van der Waals surface area contributed by atoms with E-state index in [1.54, 1.807) is 54.5 Å². The quantitative estimate of drug-likeness (QED) is 0.857. The van der Waals surface area contributed by atoms with Crippen molar-refractivity contribution in [3.63, 3.8) is 0 Å². The molecule has 7 nitrogen and oxygen atoms in total. The molecule has 28 heavy (non-hydrogen) atoms. The molecule has 2 aromatic rings. The lowest BCUT2D eigenvalue weighted by molar-refractivity contribution is 0.0706. The summed E-state index contributed by atoms with van der Waals surface area (Å²) in [6, 6.07) is 14.0. The molecule has 0 radical (unpaired) electrons. The van der Waals surface area contributed by atoms with Gasteiger partial charge in [-0.15, -0.1) is 0 Å². The summed E-state index contributed by atoms with van der Waals surface area (Å²) in [5.74, 6) is 1.54. The topological polar surface area (TPSA) is 77.1 Å². The van der Waals surface area contributed by atoms with Gasteiger partial charge < -0.3 is 24.4 Å². The smallest absolute Gasteiger partial charge is 0.412 e. The maximum atomic E-state index is 12.8. The Bertz CT molecular complexity index is 817. The van der Waals surface area contributed by atoms with E-state index < -0.39 is 6.09 Å². The third-order valence-corrected chi connectivity index (χ3v) is 4.69. The van der Waals surface area contributed by atoms with Crippen LogP contribution in [0.25, 0.3) is 0 Å². The molecule has 0 saturated carbocycles. The summed E-state index contributed by atoms with van der Waals surface area (Å²) >= 11 is 0. The van der Waals surface area contributed by atoms with Gasteiger partial charge in [-0.1, -0.05) is 18.2 Å². The predicted octanol–water partition coefficient (Wildman–Crippen LogP) is 3.10. The van der Waals surface area contributed by atoms with Crippen molar-refractivity contribution in [3.05, 3.63) is 54.1 Å². The van der Waals surface area contributed by atoms with Crippen LogP contribution >= 0.6 is 0 Å². The zero-order chi connectivity index (χ0) is 19.9. The minimum Gasteiger partial charge on any atom is -0.493 e. The van der Waals surface area contributed by atoms with Gasteiger partial charge in [-0.2, -0.15) is 0 Å². The van der Waals surface area contributed by atoms with Gasteiger partial charge in [-0.05, 0) is 43.2 Å². The van der Waals surface area contributed by atoms with Gasteiger partial charge in [0.05, 0.1) is 14.2 Å². The van der Waals surface area contributed by atoms with Crippen LogP contribution in [0.5, 0.6) is 17.2 Å².